The van der Waals surface area contributed by atoms with Crippen LogP contribution in [0.4, 0.5) is 16.2 Å². The fourth-order valence-electron chi connectivity index (χ4n) is 3.29. The van der Waals surface area contributed by atoms with Crippen molar-refractivity contribution in [3.63, 3.8) is 0 Å². The molecule has 0 spiro atoms. The van der Waals surface area contributed by atoms with Gasteiger partial charge in [0, 0.05) is 24.3 Å². The van der Waals surface area contributed by atoms with Crippen LogP contribution < -0.4 is 10.6 Å². The van der Waals surface area contributed by atoms with E-state index >= 15 is 0 Å². The Balaban J connectivity index is 2.28. The number of hydrogen-bond acceptors (Lipinski definition) is 4. The molecular formula is C16H26N4O2. The van der Waals surface area contributed by atoms with Crippen molar-refractivity contribution < 1.29 is 9.90 Å². The monoisotopic (exact) mass is 306 g/mol. The highest BCUT2D eigenvalue weighted by Gasteiger charge is 2.37. The molecule has 0 aromatic carbocycles. The molecule has 6 heteroatoms. The van der Waals surface area contributed by atoms with Crippen molar-refractivity contribution in [3.05, 3.63) is 18.5 Å². The van der Waals surface area contributed by atoms with E-state index in [1.807, 2.05) is 26.8 Å². The van der Waals surface area contributed by atoms with Crippen LogP contribution in [0.3, 0.4) is 0 Å². The minimum Gasteiger partial charge on any atom is -0.465 e. The third-order valence-electron chi connectivity index (χ3n) is 4.29. The van der Waals surface area contributed by atoms with Gasteiger partial charge in [-0.25, -0.2) is 4.79 Å². The van der Waals surface area contributed by atoms with E-state index in [0.29, 0.717) is 18.3 Å². The van der Waals surface area contributed by atoms with Gasteiger partial charge in [-0.15, -0.1) is 0 Å². The van der Waals surface area contributed by atoms with Gasteiger partial charge >= 0.3 is 6.09 Å². The molecule has 1 amide bonds. The number of pyridine rings is 1. The molecule has 3 N–H and O–H groups in total. The molecule has 2 unspecified atom stereocenters. The van der Waals surface area contributed by atoms with E-state index in [1.165, 1.54) is 0 Å². The lowest BCUT2D eigenvalue weighted by Crippen LogP contribution is -2.58. The van der Waals surface area contributed by atoms with Crippen molar-refractivity contribution in [2.75, 3.05) is 17.2 Å². The second-order valence-electron chi connectivity index (χ2n) is 6.99. The fraction of sp³-hybridized carbons (Fsp3) is 0.625. The number of carboxylic acid groups (broad SMARTS) is 1. The molecule has 1 saturated heterocycles. The number of piperidine rings is 1. The molecule has 2 atom stereocenters. The Morgan fingerprint density at radius 2 is 2.14 bits per heavy atom. The van der Waals surface area contributed by atoms with E-state index < -0.39 is 11.6 Å². The van der Waals surface area contributed by atoms with Crippen molar-refractivity contribution in [2.24, 2.45) is 0 Å². The van der Waals surface area contributed by atoms with E-state index in [4.69, 9.17) is 5.73 Å². The molecule has 0 bridgehead atoms. The Hall–Kier alpha value is -1.98. The summed E-state index contributed by atoms with van der Waals surface area (Å²) < 4.78 is 0. The van der Waals surface area contributed by atoms with Gasteiger partial charge in [0.15, 0.2) is 0 Å². The summed E-state index contributed by atoms with van der Waals surface area (Å²) in [5.74, 6) is 0. The molecule has 6 nitrogen and oxygen atoms in total. The fourth-order valence-corrected chi connectivity index (χ4v) is 3.29. The highest BCUT2D eigenvalue weighted by molar-refractivity contribution is 5.68. The van der Waals surface area contributed by atoms with Crippen LogP contribution in [0.25, 0.3) is 0 Å². The zero-order valence-electron chi connectivity index (χ0n) is 13.8. The average Bonchev–Trinajstić information content (AvgIpc) is 2.40. The van der Waals surface area contributed by atoms with Gasteiger partial charge in [-0.2, -0.15) is 0 Å². The molecule has 0 radical (unpaired) electrons. The van der Waals surface area contributed by atoms with E-state index in [2.05, 4.69) is 16.8 Å². The molecular weight excluding hydrogens is 280 g/mol. The number of rotatable bonds is 2. The lowest BCUT2D eigenvalue weighted by molar-refractivity contribution is 0.0623. The maximum Gasteiger partial charge on any atom is 0.408 e. The maximum atomic E-state index is 11.7. The van der Waals surface area contributed by atoms with Gasteiger partial charge in [0.25, 0.3) is 0 Å². The van der Waals surface area contributed by atoms with Crippen molar-refractivity contribution in [2.45, 2.75) is 58.2 Å². The molecule has 0 aliphatic carbocycles. The molecule has 0 saturated carbocycles. The summed E-state index contributed by atoms with van der Waals surface area (Å²) in [5, 5.41) is 9.61. The number of hydrogen-bond donors (Lipinski definition) is 2. The quantitative estimate of drug-likeness (QED) is 0.878. The number of aromatic nitrogens is 1. The minimum absolute atomic E-state index is 0.0405. The van der Waals surface area contributed by atoms with Gasteiger partial charge in [-0.05, 0) is 46.6 Å². The van der Waals surface area contributed by atoms with Crippen LogP contribution in [0.1, 0.15) is 40.5 Å². The predicted octanol–water partition coefficient (Wildman–Crippen LogP) is 2.80. The van der Waals surface area contributed by atoms with Crippen molar-refractivity contribution in [1.82, 2.24) is 9.88 Å². The number of nitrogens with two attached hydrogens (primary N) is 1. The molecule has 2 rings (SSSR count). The summed E-state index contributed by atoms with van der Waals surface area (Å²) >= 11 is 0. The zero-order valence-corrected chi connectivity index (χ0v) is 13.8. The van der Waals surface area contributed by atoms with E-state index in [1.54, 1.807) is 17.3 Å². The second-order valence-corrected chi connectivity index (χ2v) is 6.99. The van der Waals surface area contributed by atoms with E-state index in [0.717, 1.165) is 18.5 Å². The Kier molecular flexibility index (Phi) is 4.49. The third kappa shape index (κ3) is 3.26. The highest BCUT2D eigenvalue weighted by Crippen LogP contribution is 2.32. The second kappa shape index (κ2) is 6.02. The highest BCUT2D eigenvalue weighted by atomic mass is 16.4. The standard InChI is InChI=1S/C16H26N4O2/c1-11-5-6-12(20(15(21)22)16(2,3)4)10-19(11)14-7-8-18-9-13(14)17/h7-9,11-12H,5-6,10,17H2,1-4H3,(H,21,22). The van der Waals surface area contributed by atoms with Gasteiger partial charge in [-0.3, -0.25) is 9.88 Å². The molecule has 22 heavy (non-hydrogen) atoms. The smallest absolute Gasteiger partial charge is 0.408 e. The Bertz CT molecular complexity index is 541. The summed E-state index contributed by atoms with van der Waals surface area (Å²) in [6, 6.07) is 2.19. The first-order valence-electron chi connectivity index (χ1n) is 7.70. The average molecular weight is 306 g/mol. The number of nitrogen functional groups attached to an aromatic ring is 1. The van der Waals surface area contributed by atoms with Crippen LogP contribution in [-0.2, 0) is 0 Å². The Morgan fingerprint density at radius 3 is 2.68 bits per heavy atom. The predicted molar refractivity (Wildman–Crippen MR) is 88.1 cm³/mol. The lowest BCUT2D eigenvalue weighted by Gasteiger charge is -2.47. The summed E-state index contributed by atoms with van der Waals surface area (Å²) in [6.07, 6.45) is 4.30. The first-order valence-corrected chi connectivity index (χ1v) is 7.70. The number of anilines is 2. The van der Waals surface area contributed by atoms with Crippen LogP contribution in [0, 0.1) is 0 Å². The van der Waals surface area contributed by atoms with Crippen LogP contribution in [0.15, 0.2) is 18.5 Å². The molecule has 122 valence electrons. The van der Waals surface area contributed by atoms with Gasteiger partial charge < -0.3 is 15.7 Å². The first-order chi connectivity index (χ1) is 10.2. The molecule has 1 fully saturated rings. The third-order valence-corrected chi connectivity index (χ3v) is 4.29. The molecule has 1 aromatic heterocycles. The molecule has 1 aliphatic heterocycles. The minimum atomic E-state index is -0.866. The molecule has 1 aliphatic rings. The van der Waals surface area contributed by atoms with Crippen molar-refractivity contribution >= 4 is 17.5 Å². The maximum absolute atomic E-state index is 11.7. The summed E-state index contributed by atoms with van der Waals surface area (Å²) in [7, 11) is 0. The largest absolute Gasteiger partial charge is 0.465 e. The van der Waals surface area contributed by atoms with Crippen LogP contribution in [-0.4, -0.2) is 45.3 Å². The first kappa shape index (κ1) is 16.4. The zero-order chi connectivity index (χ0) is 16.5. The molecule has 2 heterocycles. The molecule has 1 aromatic rings. The number of amides is 1. The van der Waals surface area contributed by atoms with Crippen LogP contribution >= 0.6 is 0 Å². The van der Waals surface area contributed by atoms with Gasteiger partial charge in [-0.1, -0.05) is 0 Å². The summed E-state index contributed by atoms with van der Waals surface area (Å²) in [6.45, 7) is 8.61. The number of carbonyl (C=O) groups is 1. The number of nitrogens with zero attached hydrogens (tertiary/aromatic N) is 3. The van der Waals surface area contributed by atoms with Crippen molar-refractivity contribution in [1.29, 1.82) is 0 Å². The van der Waals surface area contributed by atoms with Crippen LogP contribution in [0.2, 0.25) is 0 Å². The van der Waals surface area contributed by atoms with Gasteiger partial charge in [0.05, 0.1) is 23.6 Å². The van der Waals surface area contributed by atoms with E-state index in [-0.39, 0.29) is 6.04 Å². The topological polar surface area (TPSA) is 82.7 Å². The SMILES string of the molecule is CC1CCC(N(C(=O)O)C(C)(C)C)CN1c1ccncc1N. The van der Waals surface area contributed by atoms with Gasteiger partial charge in [0.1, 0.15) is 0 Å². The normalized spacial score (nSPS) is 22.5. The lowest BCUT2D eigenvalue weighted by atomic mass is 9.94. The van der Waals surface area contributed by atoms with Crippen molar-refractivity contribution in [3.8, 4) is 0 Å². The van der Waals surface area contributed by atoms with Crippen LogP contribution in [0.5, 0.6) is 0 Å². The van der Waals surface area contributed by atoms with E-state index in [9.17, 15) is 9.90 Å². The Morgan fingerprint density at radius 1 is 1.45 bits per heavy atom. The summed E-state index contributed by atoms with van der Waals surface area (Å²) in [5.41, 5.74) is 7.19. The summed E-state index contributed by atoms with van der Waals surface area (Å²) in [4.78, 5) is 19.5. The Labute approximate surface area is 131 Å². The van der Waals surface area contributed by atoms with Gasteiger partial charge in [0.2, 0.25) is 0 Å².